The lowest BCUT2D eigenvalue weighted by Crippen LogP contribution is -2.10. The molecule has 1 heterocycles. The standard InChI is InChI=1S/C32H29NO3P/c33-37(34)35-31-27(21-11-3-1-4-12-21)19-23-15-7-9-17-25(23)29(31)30-26-18-10-8-16-24(26)20-28(32(30)36-37)22-13-5-2-6-14-22/h1-6,11-14,19-20,33H,7-10,15-18H2. The number of hydrogen-bond acceptors (Lipinski definition) is 3. The molecule has 0 bridgehead atoms. The maximum atomic E-state index is 13.7. The third-order valence-electron chi connectivity index (χ3n) is 8.05. The van der Waals surface area contributed by atoms with Crippen molar-refractivity contribution in [2.75, 3.05) is 0 Å². The summed E-state index contributed by atoms with van der Waals surface area (Å²) in [5, 5.41) is 0. The first-order valence-electron chi connectivity index (χ1n) is 13.3. The van der Waals surface area contributed by atoms with Crippen molar-refractivity contribution in [1.82, 2.24) is 5.50 Å². The summed E-state index contributed by atoms with van der Waals surface area (Å²) in [6.07, 6.45) is 8.45. The van der Waals surface area contributed by atoms with E-state index in [9.17, 15) is 4.57 Å². The maximum Gasteiger partial charge on any atom is 0.527 e. The molecule has 0 saturated heterocycles. The van der Waals surface area contributed by atoms with Gasteiger partial charge in [0.2, 0.25) is 0 Å². The van der Waals surface area contributed by atoms with Crippen LogP contribution in [0.15, 0.2) is 72.8 Å². The van der Waals surface area contributed by atoms with Gasteiger partial charge in [-0.25, -0.2) is 4.57 Å². The summed E-state index contributed by atoms with van der Waals surface area (Å²) in [5.41, 5.74) is 19.7. The van der Waals surface area contributed by atoms with E-state index >= 15 is 0 Å². The van der Waals surface area contributed by atoms with E-state index in [4.69, 9.17) is 14.6 Å². The minimum atomic E-state index is -4.21. The maximum absolute atomic E-state index is 13.7. The van der Waals surface area contributed by atoms with Gasteiger partial charge < -0.3 is 9.05 Å². The summed E-state index contributed by atoms with van der Waals surface area (Å²) in [7, 11) is -4.21. The molecule has 0 spiro atoms. The van der Waals surface area contributed by atoms with Crippen LogP contribution in [0.5, 0.6) is 11.5 Å². The van der Waals surface area contributed by atoms with Crippen LogP contribution in [0.2, 0.25) is 0 Å². The molecule has 0 aromatic heterocycles. The SMILES string of the molecule is [NH]P1(=O)Oc2c(-c3ccccc3)cc3c(c2-c2c4c(cc(-c5ccccc5)c2O1)CCCC4)CCCC3. The molecule has 4 aromatic rings. The van der Waals surface area contributed by atoms with Crippen molar-refractivity contribution in [3.05, 3.63) is 95.1 Å². The van der Waals surface area contributed by atoms with E-state index in [-0.39, 0.29) is 0 Å². The first-order valence-corrected chi connectivity index (χ1v) is 14.9. The molecular weight excluding hydrogens is 477 g/mol. The Morgan fingerprint density at radius 3 is 1.43 bits per heavy atom. The molecule has 1 radical (unpaired) electrons. The summed E-state index contributed by atoms with van der Waals surface area (Å²) in [5.74, 6) is 1.09. The van der Waals surface area contributed by atoms with Crippen molar-refractivity contribution >= 4 is 7.75 Å². The van der Waals surface area contributed by atoms with E-state index in [1.165, 1.54) is 22.3 Å². The Morgan fingerprint density at radius 1 is 0.595 bits per heavy atom. The fraction of sp³-hybridized carbons (Fsp3) is 0.250. The molecule has 1 aliphatic heterocycles. The molecule has 3 aliphatic rings. The van der Waals surface area contributed by atoms with E-state index in [0.717, 1.165) is 84.7 Å². The van der Waals surface area contributed by atoms with Crippen LogP contribution >= 0.6 is 7.75 Å². The fourth-order valence-electron chi connectivity index (χ4n) is 6.41. The minimum Gasteiger partial charge on any atom is -0.402 e. The highest BCUT2D eigenvalue weighted by molar-refractivity contribution is 7.51. The summed E-state index contributed by atoms with van der Waals surface area (Å²) in [6, 6.07) is 24.7. The molecule has 0 unspecified atom stereocenters. The Morgan fingerprint density at radius 2 is 1.00 bits per heavy atom. The van der Waals surface area contributed by atoms with Gasteiger partial charge in [-0.2, -0.15) is 0 Å². The molecule has 0 saturated carbocycles. The van der Waals surface area contributed by atoms with Gasteiger partial charge in [-0.3, -0.25) is 0 Å². The van der Waals surface area contributed by atoms with Gasteiger partial charge in [0.15, 0.2) is 0 Å². The molecule has 4 aromatic carbocycles. The van der Waals surface area contributed by atoms with Crippen molar-refractivity contribution in [3.8, 4) is 44.9 Å². The molecule has 7 rings (SSSR count). The largest absolute Gasteiger partial charge is 0.527 e. The van der Waals surface area contributed by atoms with Gasteiger partial charge in [0.25, 0.3) is 0 Å². The summed E-state index contributed by atoms with van der Waals surface area (Å²) >= 11 is 0. The van der Waals surface area contributed by atoms with Crippen LogP contribution in [0.1, 0.15) is 47.9 Å². The zero-order valence-corrected chi connectivity index (χ0v) is 21.7. The van der Waals surface area contributed by atoms with Crippen molar-refractivity contribution in [3.63, 3.8) is 0 Å². The third-order valence-corrected chi connectivity index (χ3v) is 8.89. The molecule has 185 valence electrons. The molecule has 5 heteroatoms. The van der Waals surface area contributed by atoms with Gasteiger partial charge in [0, 0.05) is 22.3 Å². The highest BCUT2D eigenvalue weighted by atomic mass is 31.2. The number of benzene rings is 4. The number of nitrogens with one attached hydrogen (secondary N) is 1. The Labute approximate surface area is 218 Å². The Balaban J connectivity index is 1.64. The van der Waals surface area contributed by atoms with Crippen LogP contribution in [0, 0.1) is 0 Å². The Kier molecular flexibility index (Phi) is 5.49. The Hall–Kier alpha value is -3.33. The summed E-state index contributed by atoms with van der Waals surface area (Å²) in [4.78, 5) is 0. The van der Waals surface area contributed by atoms with Gasteiger partial charge in [-0.1, -0.05) is 60.7 Å². The zero-order chi connectivity index (χ0) is 25.0. The van der Waals surface area contributed by atoms with E-state index in [2.05, 4.69) is 36.4 Å². The van der Waals surface area contributed by atoms with Gasteiger partial charge in [0.1, 0.15) is 11.5 Å². The molecule has 0 atom stereocenters. The quantitative estimate of drug-likeness (QED) is 0.256. The van der Waals surface area contributed by atoms with Crippen LogP contribution < -0.4 is 14.6 Å². The van der Waals surface area contributed by atoms with Crippen LogP contribution in [-0.2, 0) is 30.2 Å². The van der Waals surface area contributed by atoms with E-state index < -0.39 is 7.75 Å². The van der Waals surface area contributed by atoms with Gasteiger partial charge in [0.05, 0.1) is 0 Å². The van der Waals surface area contributed by atoms with Crippen LogP contribution in [0.3, 0.4) is 0 Å². The lowest BCUT2D eigenvalue weighted by Gasteiger charge is -2.28. The van der Waals surface area contributed by atoms with Crippen molar-refractivity contribution in [2.24, 2.45) is 0 Å². The van der Waals surface area contributed by atoms with Crippen molar-refractivity contribution in [2.45, 2.75) is 51.4 Å². The molecule has 0 fully saturated rings. The smallest absolute Gasteiger partial charge is 0.402 e. The zero-order valence-electron chi connectivity index (χ0n) is 20.8. The summed E-state index contributed by atoms with van der Waals surface area (Å²) < 4.78 is 26.0. The van der Waals surface area contributed by atoms with Gasteiger partial charge in [-0.05, 0) is 96.9 Å². The average molecular weight is 507 g/mol. The van der Waals surface area contributed by atoms with Crippen LogP contribution in [-0.4, -0.2) is 0 Å². The molecular formula is C32H29NO3P. The predicted molar refractivity (Wildman–Crippen MR) is 148 cm³/mol. The van der Waals surface area contributed by atoms with E-state index in [1.54, 1.807) is 0 Å². The van der Waals surface area contributed by atoms with Crippen molar-refractivity contribution < 1.29 is 13.6 Å². The molecule has 2 aliphatic carbocycles. The number of rotatable bonds is 2. The van der Waals surface area contributed by atoms with Crippen LogP contribution in [0.25, 0.3) is 33.4 Å². The third kappa shape index (κ3) is 3.91. The number of fused-ring (bicyclic) bond motifs is 7. The normalized spacial score (nSPS) is 17.2. The highest BCUT2D eigenvalue weighted by Crippen LogP contribution is 2.61. The Bertz CT molecular complexity index is 1450. The van der Waals surface area contributed by atoms with Gasteiger partial charge >= 0.3 is 7.75 Å². The molecule has 37 heavy (non-hydrogen) atoms. The van der Waals surface area contributed by atoms with Crippen LogP contribution in [0.4, 0.5) is 0 Å². The van der Waals surface area contributed by atoms with Crippen molar-refractivity contribution in [1.29, 1.82) is 0 Å². The second-order valence-electron chi connectivity index (χ2n) is 10.4. The lowest BCUT2D eigenvalue weighted by molar-refractivity contribution is 0.391. The molecule has 4 nitrogen and oxygen atoms in total. The summed E-state index contributed by atoms with van der Waals surface area (Å²) in [6.45, 7) is 0. The first kappa shape index (κ1) is 22.8. The number of aryl methyl sites for hydroxylation is 2. The monoisotopic (exact) mass is 506 g/mol. The molecule has 1 N–H and O–H groups in total. The predicted octanol–water partition coefficient (Wildman–Crippen LogP) is 8.61. The fourth-order valence-corrected chi connectivity index (χ4v) is 7.31. The van der Waals surface area contributed by atoms with E-state index in [1.807, 2.05) is 36.4 Å². The average Bonchev–Trinajstić information content (AvgIpc) is 3.06. The lowest BCUT2D eigenvalue weighted by atomic mass is 9.77. The second-order valence-corrected chi connectivity index (χ2v) is 11.7. The van der Waals surface area contributed by atoms with E-state index in [0.29, 0.717) is 11.5 Å². The second kappa shape index (κ2) is 8.90. The topological polar surface area (TPSA) is 59.3 Å². The van der Waals surface area contributed by atoms with Gasteiger partial charge in [-0.15, -0.1) is 5.50 Å². The number of hydrogen-bond donors (Lipinski definition) is 0. The highest BCUT2D eigenvalue weighted by Gasteiger charge is 2.39. The first-order chi connectivity index (χ1) is 18.1. The minimum absolute atomic E-state index is 0.543. The molecule has 0 amide bonds.